The number of carbonyl (C=O) groups excluding carboxylic acids is 1. The maximum atomic E-state index is 12.9. The van der Waals surface area contributed by atoms with E-state index in [9.17, 15) is 4.79 Å². The second-order valence-electron chi connectivity index (χ2n) is 6.76. The van der Waals surface area contributed by atoms with Gasteiger partial charge in [0, 0.05) is 18.2 Å². The summed E-state index contributed by atoms with van der Waals surface area (Å²) in [5, 5.41) is 0. The summed E-state index contributed by atoms with van der Waals surface area (Å²) < 4.78 is 0. The summed E-state index contributed by atoms with van der Waals surface area (Å²) in [6.07, 6.45) is 3.16. The Balaban J connectivity index is 1.72. The van der Waals surface area contributed by atoms with Crippen LogP contribution in [0.2, 0.25) is 0 Å². The number of hydrogen-bond donors (Lipinski definition) is 0. The molecular formula is C21H25NO. The molecule has 1 saturated heterocycles. The maximum absolute atomic E-state index is 12.9. The first kappa shape index (κ1) is 15.8. The van der Waals surface area contributed by atoms with E-state index in [1.807, 2.05) is 18.2 Å². The summed E-state index contributed by atoms with van der Waals surface area (Å²) in [6.45, 7) is 5.22. The average Bonchev–Trinajstić information content (AvgIpc) is 3.03. The zero-order valence-electron chi connectivity index (χ0n) is 14.0. The first-order valence-electron chi connectivity index (χ1n) is 8.60. The van der Waals surface area contributed by atoms with E-state index in [1.54, 1.807) is 0 Å². The van der Waals surface area contributed by atoms with Gasteiger partial charge in [0.05, 0.1) is 0 Å². The quantitative estimate of drug-likeness (QED) is 0.804. The SMILES string of the molecule is CC(C)c1ccc(C(=O)N2CCCC2Cc2ccccc2)cc1. The molecule has 120 valence electrons. The van der Waals surface area contributed by atoms with Gasteiger partial charge in [0.25, 0.3) is 5.91 Å². The van der Waals surface area contributed by atoms with Gasteiger partial charge in [-0.25, -0.2) is 0 Å². The van der Waals surface area contributed by atoms with Crippen molar-refractivity contribution < 1.29 is 4.79 Å². The Morgan fingerprint density at radius 2 is 1.78 bits per heavy atom. The molecule has 0 spiro atoms. The highest BCUT2D eigenvalue weighted by Crippen LogP contribution is 2.24. The summed E-state index contributed by atoms with van der Waals surface area (Å²) in [6, 6.07) is 18.9. The Morgan fingerprint density at radius 3 is 2.43 bits per heavy atom. The fourth-order valence-electron chi connectivity index (χ4n) is 3.38. The molecule has 0 saturated carbocycles. The van der Waals surface area contributed by atoms with Crippen molar-refractivity contribution >= 4 is 5.91 Å². The number of nitrogens with zero attached hydrogens (tertiary/aromatic N) is 1. The van der Waals surface area contributed by atoms with Crippen molar-refractivity contribution in [3.63, 3.8) is 0 Å². The highest BCUT2D eigenvalue weighted by atomic mass is 16.2. The van der Waals surface area contributed by atoms with E-state index in [1.165, 1.54) is 11.1 Å². The fraction of sp³-hybridized carbons (Fsp3) is 0.381. The topological polar surface area (TPSA) is 20.3 Å². The monoisotopic (exact) mass is 307 g/mol. The van der Waals surface area contributed by atoms with Crippen LogP contribution in [-0.4, -0.2) is 23.4 Å². The van der Waals surface area contributed by atoms with Crippen LogP contribution >= 0.6 is 0 Å². The molecule has 1 fully saturated rings. The zero-order valence-corrected chi connectivity index (χ0v) is 14.0. The second-order valence-corrected chi connectivity index (χ2v) is 6.76. The van der Waals surface area contributed by atoms with E-state index in [4.69, 9.17) is 0 Å². The maximum Gasteiger partial charge on any atom is 0.254 e. The second kappa shape index (κ2) is 6.99. The molecule has 1 amide bonds. The van der Waals surface area contributed by atoms with Crippen molar-refractivity contribution in [2.75, 3.05) is 6.54 Å². The minimum atomic E-state index is 0.179. The average molecular weight is 307 g/mol. The molecular weight excluding hydrogens is 282 g/mol. The summed E-state index contributed by atoms with van der Waals surface area (Å²) in [5.41, 5.74) is 3.41. The smallest absolute Gasteiger partial charge is 0.254 e. The number of benzene rings is 2. The largest absolute Gasteiger partial charge is 0.335 e. The van der Waals surface area contributed by atoms with Crippen LogP contribution in [0.5, 0.6) is 0 Å². The first-order valence-corrected chi connectivity index (χ1v) is 8.60. The fourth-order valence-corrected chi connectivity index (χ4v) is 3.38. The lowest BCUT2D eigenvalue weighted by atomic mass is 10.0. The molecule has 1 aliphatic heterocycles. The van der Waals surface area contributed by atoms with E-state index < -0.39 is 0 Å². The van der Waals surface area contributed by atoms with E-state index in [0.717, 1.165) is 31.4 Å². The van der Waals surface area contributed by atoms with Crippen molar-refractivity contribution in [3.8, 4) is 0 Å². The molecule has 2 nitrogen and oxygen atoms in total. The number of rotatable bonds is 4. The molecule has 0 radical (unpaired) electrons. The van der Waals surface area contributed by atoms with Gasteiger partial charge in [0.15, 0.2) is 0 Å². The Kier molecular flexibility index (Phi) is 4.80. The van der Waals surface area contributed by atoms with Crippen molar-refractivity contribution in [2.24, 2.45) is 0 Å². The van der Waals surface area contributed by atoms with Crippen LogP contribution < -0.4 is 0 Å². The highest BCUT2D eigenvalue weighted by Gasteiger charge is 2.29. The third-order valence-electron chi connectivity index (χ3n) is 4.78. The Bertz CT molecular complexity index is 645. The van der Waals surface area contributed by atoms with Crippen molar-refractivity contribution in [1.82, 2.24) is 4.90 Å². The number of likely N-dealkylation sites (tertiary alicyclic amines) is 1. The van der Waals surface area contributed by atoms with Gasteiger partial charge < -0.3 is 4.90 Å². The first-order chi connectivity index (χ1) is 11.1. The Morgan fingerprint density at radius 1 is 1.09 bits per heavy atom. The van der Waals surface area contributed by atoms with Gasteiger partial charge in [0.2, 0.25) is 0 Å². The number of hydrogen-bond acceptors (Lipinski definition) is 1. The number of carbonyl (C=O) groups is 1. The molecule has 2 heteroatoms. The normalized spacial score (nSPS) is 17.7. The Hall–Kier alpha value is -2.09. The van der Waals surface area contributed by atoms with Gasteiger partial charge in [-0.2, -0.15) is 0 Å². The third-order valence-corrected chi connectivity index (χ3v) is 4.78. The molecule has 0 aliphatic carbocycles. The molecule has 0 bridgehead atoms. The zero-order chi connectivity index (χ0) is 16.2. The van der Waals surface area contributed by atoms with Crippen LogP contribution in [0.3, 0.4) is 0 Å². The standard InChI is InChI=1S/C21H25NO/c1-16(2)18-10-12-19(13-11-18)21(23)22-14-6-9-20(22)15-17-7-4-3-5-8-17/h3-5,7-8,10-13,16,20H,6,9,14-15H2,1-2H3. The van der Waals surface area contributed by atoms with E-state index in [2.05, 4.69) is 55.1 Å². The molecule has 1 unspecified atom stereocenters. The minimum Gasteiger partial charge on any atom is -0.335 e. The molecule has 1 atom stereocenters. The number of amides is 1. The van der Waals surface area contributed by atoms with Gasteiger partial charge in [-0.15, -0.1) is 0 Å². The van der Waals surface area contributed by atoms with Gasteiger partial charge in [-0.1, -0.05) is 56.3 Å². The predicted octanol–water partition coefficient (Wildman–Crippen LogP) is 4.66. The Labute approximate surface area is 139 Å². The van der Waals surface area contributed by atoms with Gasteiger partial charge in [-0.3, -0.25) is 4.79 Å². The lowest BCUT2D eigenvalue weighted by Gasteiger charge is -2.25. The van der Waals surface area contributed by atoms with Gasteiger partial charge in [0.1, 0.15) is 0 Å². The van der Waals surface area contributed by atoms with Gasteiger partial charge >= 0.3 is 0 Å². The summed E-state index contributed by atoms with van der Waals surface area (Å²) >= 11 is 0. The lowest BCUT2D eigenvalue weighted by Crippen LogP contribution is -2.36. The van der Waals surface area contributed by atoms with E-state index in [0.29, 0.717) is 12.0 Å². The van der Waals surface area contributed by atoms with E-state index >= 15 is 0 Å². The molecule has 2 aromatic rings. The lowest BCUT2D eigenvalue weighted by molar-refractivity contribution is 0.0736. The van der Waals surface area contributed by atoms with Gasteiger partial charge in [-0.05, 0) is 48.4 Å². The summed E-state index contributed by atoms with van der Waals surface area (Å²) in [5.74, 6) is 0.676. The molecule has 1 heterocycles. The molecule has 2 aromatic carbocycles. The van der Waals surface area contributed by atoms with Crippen molar-refractivity contribution in [3.05, 3.63) is 71.3 Å². The van der Waals surface area contributed by atoms with Crippen molar-refractivity contribution in [2.45, 2.75) is 45.1 Å². The predicted molar refractivity (Wildman–Crippen MR) is 94.7 cm³/mol. The highest BCUT2D eigenvalue weighted by molar-refractivity contribution is 5.94. The van der Waals surface area contributed by atoms with Crippen LogP contribution in [0.15, 0.2) is 54.6 Å². The van der Waals surface area contributed by atoms with Crippen LogP contribution in [0.4, 0.5) is 0 Å². The summed E-state index contributed by atoms with van der Waals surface area (Å²) in [4.78, 5) is 14.9. The molecule has 1 aliphatic rings. The molecule has 0 aromatic heterocycles. The molecule has 0 N–H and O–H groups in total. The van der Waals surface area contributed by atoms with Crippen LogP contribution in [0, 0.1) is 0 Å². The third kappa shape index (κ3) is 3.64. The molecule has 23 heavy (non-hydrogen) atoms. The van der Waals surface area contributed by atoms with Crippen molar-refractivity contribution in [1.29, 1.82) is 0 Å². The minimum absolute atomic E-state index is 0.179. The molecule has 3 rings (SSSR count). The van der Waals surface area contributed by atoms with Crippen LogP contribution in [-0.2, 0) is 6.42 Å². The van der Waals surface area contributed by atoms with Crippen LogP contribution in [0.1, 0.15) is 54.1 Å². The summed E-state index contributed by atoms with van der Waals surface area (Å²) in [7, 11) is 0. The van der Waals surface area contributed by atoms with E-state index in [-0.39, 0.29) is 5.91 Å². The van der Waals surface area contributed by atoms with Crippen LogP contribution in [0.25, 0.3) is 0 Å².